The third-order valence-corrected chi connectivity index (χ3v) is 5.10. The van der Waals surface area contributed by atoms with E-state index in [0.717, 1.165) is 9.13 Å². The number of hydrogen-bond donors (Lipinski definition) is 2. The quantitative estimate of drug-likeness (QED) is 0.326. The Balaban J connectivity index is 1.84. The van der Waals surface area contributed by atoms with E-state index < -0.39 is 11.9 Å². The number of amides is 1. The first-order valence-electron chi connectivity index (χ1n) is 9.33. The lowest BCUT2D eigenvalue weighted by Crippen LogP contribution is -2.27. The van der Waals surface area contributed by atoms with Crippen molar-refractivity contribution in [1.82, 2.24) is 5.32 Å². The van der Waals surface area contributed by atoms with Gasteiger partial charge in [0.15, 0.2) is 11.5 Å². The summed E-state index contributed by atoms with van der Waals surface area (Å²) in [4.78, 5) is 24.0. The van der Waals surface area contributed by atoms with Crippen LogP contribution >= 0.6 is 22.6 Å². The average molecular weight is 529 g/mol. The van der Waals surface area contributed by atoms with Gasteiger partial charge >= 0.3 is 5.97 Å². The highest BCUT2D eigenvalue weighted by Crippen LogP contribution is 2.35. The highest BCUT2D eigenvalue weighted by atomic mass is 127. The van der Waals surface area contributed by atoms with Crippen molar-refractivity contribution in [2.24, 2.45) is 0 Å². The molecule has 0 saturated carbocycles. The van der Waals surface area contributed by atoms with Crippen molar-refractivity contribution in [3.8, 4) is 11.5 Å². The Morgan fingerprint density at radius 3 is 2.29 bits per heavy atom. The lowest BCUT2D eigenvalue weighted by atomic mass is 10.1. The van der Waals surface area contributed by atoms with Crippen molar-refractivity contribution in [2.45, 2.75) is 6.61 Å². The molecule has 0 spiro atoms. The van der Waals surface area contributed by atoms with Crippen LogP contribution in [0.2, 0.25) is 0 Å². The minimum absolute atomic E-state index is 0.246. The van der Waals surface area contributed by atoms with Crippen LogP contribution in [-0.2, 0) is 11.4 Å². The summed E-state index contributed by atoms with van der Waals surface area (Å²) < 4.78 is 12.1. The number of aliphatic carboxylic acids is 1. The molecular weight excluding hydrogens is 509 g/mol. The Labute approximate surface area is 193 Å². The highest BCUT2D eigenvalue weighted by molar-refractivity contribution is 14.1. The van der Waals surface area contributed by atoms with E-state index in [0.29, 0.717) is 29.2 Å². The summed E-state index contributed by atoms with van der Waals surface area (Å²) in [5, 5.41) is 12.0. The van der Waals surface area contributed by atoms with Crippen LogP contribution < -0.4 is 14.8 Å². The zero-order valence-corrected chi connectivity index (χ0v) is 18.8. The number of rotatable bonds is 8. The van der Waals surface area contributed by atoms with Gasteiger partial charge in [-0.15, -0.1) is 0 Å². The van der Waals surface area contributed by atoms with Crippen molar-refractivity contribution in [3.63, 3.8) is 0 Å². The van der Waals surface area contributed by atoms with E-state index >= 15 is 0 Å². The van der Waals surface area contributed by atoms with Crippen LogP contribution in [0.4, 0.5) is 0 Å². The van der Waals surface area contributed by atoms with Crippen molar-refractivity contribution < 1.29 is 24.2 Å². The summed E-state index contributed by atoms with van der Waals surface area (Å²) in [7, 11) is 1.52. The fraction of sp³-hybridized carbons (Fsp3) is 0.0833. The molecule has 0 bridgehead atoms. The molecule has 3 aromatic rings. The van der Waals surface area contributed by atoms with Gasteiger partial charge in [0.1, 0.15) is 12.3 Å². The molecule has 0 aliphatic carbocycles. The molecular formula is C24H20INO5. The van der Waals surface area contributed by atoms with E-state index in [1.807, 2.05) is 30.3 Å². The lowest BCUT2D eigenvalue weighted by molar-refractivity contribution is -0.132. The van der Waals surface area contributed by atoms with Gasteiger partial charge in [0, 0.05) is 5.56 Å². The fourth-order valence-corrected chi connectivity index (χ4v) is 3.58. The van der Waals surface area contributed by atoms with Crippen LogP contribution in [0.5, 0.6) is 11.5 Å². The first-order chi connectivity index (χ1) is 15.0. The molecule has 0 saturated heterocycles. The van der Waals surface area contributed by atoms with E-state index in [9.17, 15) is 14.7 Å². The van der Waals surface area contributed by atoms with E-state index in [-0.39, 0.29) is 5.70 Å². The van der Waals surface area contributed by atoms with Gasteiger partial charge in [-0.2, -0.15) is 0 Å². The molecule has 2 N–H and O–H groups in total. The number of carboxylic acid groups (broad SMARTS) is 1. The maximum atomic E-state index is 12.4. The van der Waals surface area contributed by atoms with E-state index in [2.05, 4.69) is 27.9 Å². The van der Waals surface area contributed by atoms with Crippen LogP contribution in [0.15, 0.2) is 78.5 Å². The van der Waals surface area contributed by atoms with Crippen molar-refractivity contribution in [3.05, 3.63) is 98.8 Å². The zero-order chi connectivity index (χ0) is 22.2. The molecule has 3 rings (SSSR count). The number of nitrogens with one attached hydrogen (secondary N) is 1. The summed E-state index contributed by atoms with van der Waals surface area (Å²) in [6, 6.07) is 21.6. The number of carbonyl (C=O) groups is 2. The number of hydrogen-bond acceptors (Lipinski definition) is 4. The number of carbonyl (C=O) groups excluding carboxylic acids is 1. The Bertz CT molecular complexity index is 1100. The first-order valence-corrected chi connectivity index (χ1v) is 10.4. The molecule has 31 heavy (non-hydrogen) atoms. The minimum Gasteiger partial charge on any atom is -0.493 e. The summed E-state index contributed by atoms with van der Waals surface area (Å²) in [6.45, 7) is 0.371. The Morgan fingerprint density at radius 1 is 1.03 bits per heavy atom. The average Bonchev–Trinajstić information content (AvgIpc) is 2.78. The molecule has 0 unspecified atom stereocenters. The normalized spacial score (nSPS) is 11.0. The summed E-state index contributed by atoms with van der Waals surface area (Å²) in [5.41, 5.74) is 1.69. The summed E-state index contributed by atoms with van der Waals surface area (Å²) in [5.74, 6) is -0.719. The standard InChI is InChI=1S/C24H20INO5/c1-30-21-14-17(12-19(25)22(21)31-15-16-8-4-2-5-9-16)13-20(24(28)29)26-23(27)18-10-6-3-7-11-18/h2-14H,15H2,1H3,(H,26,27)(H,28,29). The van der Waals surface area contributed by atoms with Crippen molar-refractivity contribution in [1.29, 1.82) is 0 Å². The summed E-state index contributed by atoms with van der Waals surface area (Å²) in [6.07, 6.45) is 1.38. The Morgan fingerprint density at radius 2 is 1.68 bits per heavy atom. The topological polar surface area (TPSA) is 84.9 Å². The Kier molecular flexibility index (Phi) is 7.66. The van der Waals surface area contributed by atoms with Gasteiger partial charge in [0.2, 0.25) is 0 Å². The second-order valence-corrected chi connectivity index (χ2v) is 7.65. The van der Waals surface area contributed by atoms with Crippen LogP contribution in [-0.4, -0.2) is 24.1 Å². The Hall–Kier alpha value is -3.33. The molecule has 6 nitrogen and oxygen atoms in total. The minimum atomic E-state index is -1.25. The molecule has 158 valence electrons. The molecule has 0 radical (unpaired) electrons. The monoisotopic (exact) mass is 529 g/mol. The van der Waals surface area contributed by atoms with Gasteiger partial charge in [0.25, 0.3) is 5.91 Å². The van der Waals surface area contributed by atoms with E-state index in [1.54, 1.807) is 42.5 Å². The molecule has 0 atom stereocenters. The molecule has 0 aliphatic rings. The number of halogens is 1. The molecule has 7 heteroatoms. The van der Waals surface area contributed by atoms with Crippen LogP contribution in [0.3, 0.4) is 0 Å². The van der Waals surface area contributed by atoms with Gasteiger partial charge in [0.05, 0.1) is 10.7 Å². The molecule has 3 aromatic carbocycles. The number of benzene rings is 3. The molecule has 1 amide bonds. The maximum absolute atomic E-state index is 12.4. The van der Waals surface area contributed by atoms with Crippen molar-refractivity contribution in [2.75, 3.05) is 7.11 Å². The predicted octanol–water partition coefficient (Wildman–Crippen LogP) is 4.73. The van der Waals surface area contributed by atoms with Crippen LogP contribution in [0.25, 0.3) is 6.08 Å². The summed E-state index contributed by atoms with van der Waals surface area (Å²) >= 11 is 2.11. The van der Waals surface area contributed by atoms with Crippen LogP contribution in [0.1, 0.15) is 21.5 Å². The number of ether oxygens (including phenoxy) is 2. The second kappa shape index (κ2) is 10.6. The van der Waals surface area contributed by atoms with Gasteiger partial charge in [-0.1, -0.05) is 48.5 Å². The van der Waals surface area contributed by atoms with Gasteiger partial charge in [-0.25, -0.2) is 4.79 Å². The largest absolute Gasteiger partial charge is 0.493 e. The van der Waals surface area contributed by atoms with Crippen molar-refractivity contribution >= 4 is 40.5 Å². The third-order valence-electron chi connectivity index (χ3n) is 4.30. The first kappa shape index (κ1) is 22.4. The van der Waals surface area contributed by atoms with E-state index in [4.69, 9.17) is 9.47 Å². The number of carboxylic acids is 1. The zero-order valence-electron chi connectivity index (χ0n) is 16.7. The van der Waals surface area contributed by atoms with Gasteiger partial charge < -0.3 is 19.9 Å². The lowest BCUT2D eigenvalue weighted by Gasteiger charge is -2.14. The second-order valence-electron chi connectivity index (χ2n) is 6.49. The molecule has 0 aromatic heterocycles. The highest BCUT2D eigenvalue weighted by Gasteiger charge is 2.16. The van der Waals surface area contributed by atoms with Gasteiger partial charge in [-0.3, -0.25) is 4.79 Å². The van der Waals surface area contributed by atoms with Crippen LogP contribution in [0, 0.1) is 3.57 Å². The smallest absolute Gasteiger partial charge is 0.352 e. The molecule has 0 fully saturated rings. The van der Waals surface area contributed by atoms with E-state index in [1.165, 1.54) is 13.2 Å². The molecule has 0 aliphatic heterocycles. The third kappa shape index (κ3) is 6.08. The predicted molar refractivity (Wildman–Crippen MR) is 126 cm³/mol. The SMILES string of the molecule is COc1cc(C=C(NC(=O)c2ccccc2)C(=O)O)cc(I)c1OCc1ccccc1. The molecule has 0 heterocycles. The van der Waals surface area contributed by atoms with Gasteiger partial charge in [-0.05, 0) is 64.1 Å². The number of methoxy groups -OCH3 is 1. The maximum Gasteiger partial charge on any atom is 0.352 e. The fourth-order valence-electron chi connectivity index (χ4n) is 2.79.